The number of anilines is 1. The summed E-state index contributed by atoms with van der Waals surface area (Å²) in [6.45, 7) is -0.482. The molecule has 8 heteroatoms. The van der Waals surface area contributed by atoms with Gasteiger partial charge in [0.25, 0.3) is 5.91 Å². The van der Waals surface area contributed by atoms with Crippen LogP contribution in [-0.4, -0.2) is 45.0 Å². The molecule has 1 fully saturated rings. The zero-order valence-electron chi connectivity index (χ0n) is 11.9. The van der Waals surface area contributed by atoms with E-state index in [0.29, 0.717) is 0 Å². The number of hydrogen-bond donors (Lipinski definition) is 0. The van der Waals surface area contributed by atoms with Crippen LogP contribution in [0.25, 0.3) is 0 Å². The summed E-state index contributed by atoms with van der Waals surface area (Å²) < 4.78 is 9.62. The van der Waals surface area contributed by atoms with Crippen molar-refractivity contribution in [3.8, 4) is 0 Å². The number of amides is 1. The van der Waals surface area contributed by atoms with Gasteiger partial charge in [0.15, 0.2) is 5.41 Å². The number of rotatable bonds is 4. The van der Waals surface area contributed by atoms with Crippen LogP contribution < -0.4 is 4.90 Å². The van der Waals surface area contributed by atoms with E-state index in [1.807, 2.05) is 0 Å². The highest BCUT2D eigenvalue weighted by Gasteiger charge is 2.58. The summed E-state index contributed by atoms with van der Waals surface area (Å²) in [5, 5.41) is 0.366. The predicted molar refractivity (Wildman–Crippen MR) is 80.1 cm³/mol. The maximum atomic E-state index is 12.3. The van der Waals surface area contributed by atoms with Crippen molar-refractivity contribution in [2.45, 2.75) is 0 Å². The highest BCUT2D eigenvalue weighted by atomic mass is 35.5. The van der Waals surface area contributed by atoms with Crippen molar-refractivity contribution in [3.05, 3.63) is 28.2 Å². The van der Waals surface area contributed by atoms with Gasteiger partial charge in [-0.3, -0.25) is 14.4 Å². The molecule has 1 saturated heterocycles. The summed E-state index contributed by atoms with van der Waals surface area (Å²) >= 11 is 12.0. The van der Waals surface area contributed by atoms with Crippen molar-refractivity contribution in [1.82, 2.24) is 0 Å². The van der Waals surface area contributed by atoms with Crippen LogP contribution in [0.5, 0.6) is 0 Å². The van der Waals surface area contributed by atoms with Crippen LogP contribution in [0, 0.1) is 5.41 Å². The fraction of sp³-hybridized carbons (Fsp3) is 0.357. The van der Waals surface area contributed by atoms with E-state index in [1.165, 1.54) is 7.11 Å². The minimum Gasteiger partial charge on any atom is -0.468 e. The van der Waals surface area contributed by atoms with Gasteiger partial charge in [-0.1, -0.05) is 29.3 Å². The Morgan fingerprint density at radius 2 is 2.00 bits per heavy atom. The summed E-state index contributed by atoms with van der Waals surface area (Å²) in [7, 11) is 2.48. The quantitative estimate of drug-likeness (QED) is 0.472. The Kier molecular flexibility index (Phi) is 4.75. The number of benzene rings is 1. The first-order valence-electron chi connectivity index (χ1n) is 6.26. The second kappa shape index (κ2) is 6.24. The van der Waals surface area contributed by atoms with Crippen molar-refractivity contribution < 1.29 is 23.9 Å². The SMILES string of the molecule is COCC1(C(=O)OC)CN(c2cccc(Cl)c2Cl)C(=O)C1=O. The number of esters is 1. The van der Waals surface area contributed by atoms with E-state index in [1.54, 1.807) is 18.2 Å². The molecule has 0 aliphatic carbocycles. The van der Waals surface area contributed by atoms with Gasteiger partial charge in [-0.2, -0.15) is 0 Å². The standard InChI is InChI=1S/C14H13Cl2NO5/c1-21-7-14(13(20)22-2)6-17(12(19)11(14)18)9-5-3-4-8(15)10(9)16/h3-5H,6-7H2,1-2H3. The maximum Gasteiger partial charge on any atom is 0.324 e. The Bertz CT molecular complexity index is 648. The van der Waals surface area contributed by atoms with Crippen LogP contribution in [0.4, 0.5) is 5.69 Å². The number of hydrogen-bond acceptors (Lipinski definition) is 5. The normalized spacial score (nSPS) is 21.4. The van der Waals surface area contributed by atoms with E-state index in [9.17, 15) is 14.4 Å². The van der Waals surface area contributed by atoms with E-state index in [2.05, 4.69) is 4.74 Å². The summed E-state index contributed by atoms with van der Waals surface area (Å²) in [6.07, 6.45) is 0. The molecule has 0 N–H and O–H groups in total. The Morgan fingerprint density at radius 3 is 2.59 bits per heavy atom. The molecule has 0 saturated carbocycles. The summed E-state index contributed by atoms with van der Waals surface area (Å²) in [6, 6.07) is 4.69. The van der Waals surface area contributed by atoms with Crippen LogP contribution in [0.2, 0.25) is 10.0 Å². The van der Waals surface area contributed by atoms with Crippen LogP contribution in [0.15, 0.2) is 18.2 Å². The number of carbonyl (C=O) groups is 3. The average Bonchev–Trinajstić information content (AvgIpc) is 2.76. The topological polar surface area (TPSA) is 72.9 Å². The van der Waals surface area contributed by atoms with Gasteiger partial charge in [-0.25, -0.2) is 0 Å². The lowest BCUT2D eigenvalue weighted by Crippen LogP contribution is -2.44. The molecule has 1 heterocycles. The Balaban J connectivity index is 2.49. The second-order valence-corrected chi connectivity index (χ2v) is 5.59. The molecule has 0 radical (unpaired) electrons. The van der Waals surface area contributed by atoms with Gasteiger partial charge < -0.3 is 14.4 Å². The zero-order chi connectivity index (χ0) is 16.5. The molecule has 2 rings (SSSR count). The van der Waals surface area contributed by atoms with E-state index >= 15 is 0 Å². The molecule has 1 unspecified atom stereocenters. The molecule has 6 nitrogen and oxygen atoms in total. The summed E-state index contributed by atoms with van der Waals surface area (Å²) in [4.78, 5) is 37.8. The second-order valence-electron chi connectivity index (χ2n) is 4.80. The molecule has 1 aliphatic heterocycles. The van der Waals surface area contributed by atoms with Crippen LogP contribution in [0.1, 0.15) is 0 Å². The number of halogens is 2. The largest absolute Gasteiger partial charge is 0.468 e. The molecule has 22 heavy (non-hydrogen) atoms. The molecule has 0 bridgehead atoms. The van der Waals surface area contributed by atoms with Crippen molar-refractivity contribution in [2.75, 3.05) is 32.3 Å². The molecular formula is C14H13Cl2NO5. The van der Waals surface area contributed by atoms with Gasteiger partial charge in [-0.15, -0.1) is 0 Å². The third kappa shape index (κ3) is 2.47. The first-order valence-corrected chi connectivity index (χ1v) is 7.02. The number of Topliss-reactive ketones (excluding diaryl/α,β-unsaturated/α-hetero) is 1. The highest BCUT2D eigenvalue weighted by Crippen LogP contribution is 2.39. The fourth-order valence-electron chi connectivity index (χ4n) is 2.41. The first-order chi connectivity index (χ1) is 10.4. The minimum absolute atomic E-state index is 0.128. The molecule has 0 spiro atoms. The lowest BCUT2D eigenvalue weighted by Gasteiger charge is -2.23. The van der Waals surface area contributed by atoms with Gasteiger partial charge in [0.2, 0.25) is 5.78 Å². The summed E-state index contributed by atoms with van der Waals surface area (Å²) in [5.74, 6) is -2.57. The van der Waals surface area contributed by atoms with Crippen LogP contribution in [0.3, 0.4) is 0 Å². The molecule has 1 aliphatic rings. The third-order valence-corrected chi connectivity index (χ3v) is 4.30. The number of ether oxygens (including phenoxy) is 2. The first kappa shape index (κ1) is 16.7. The monoisotopic (exact) mass is 345 g/mol. The zero-order valence-corrected chi connectivity index (χ0v) is 13.4. The van der Waals surface area contributed by atoms with Crippen molar-refractivity contribution in [2.24, 2.45) is 5.41 Å². The number of ketones is 1. The molecule has 1 atom stereocenters. The van der Waals surface area contributed by atoms with E-state index < -0.39 is 23.1 Å². The van der Waals surface area contributed by atoms with Crippen LogP contribution >= 0.6 is 23.2 Å². The Morgan fingerprint density at radius 1 is 1.32 bits per heavy atom. The van der Waals surface area contributed by atoms with Gasteiger partial charge >= 0.3 is 5.97 Å². The Labute approximate surface area is 136 Å². The van der Waals surface area contributed by atoms with Gasteiger partial charge in [0.1, 0.15) is 0 Å². The van der Waals surface area contributed by atoms with E-state index in [4.69, 9.17) is 27.9 Å². The van der Waals surface area contributed by atoms with E-state index in [-0.39, 0.29) is 28.9 Å². The Hall–Kier alpha value is -1.63. The lowest BCUT2D eigenvalue weighted by atomic mass is 9.87. The number of carbonyl (C=O) groups excluding carboxylic acids is 3. The molecule has 118 valence electrons. The predicted octanol–water partition coefficient (Wildman–Crippen LogP) is 1.71. The molecular weight excluding hydrogens is 333 g/mol. The van der Waals surface area contributed by atoms with Gasteiger partial charge in [0.05, 0.1) is 36.0 Å². The van der Waals surface area contributed by atoms with Crippen molar-refractivity contribution in [1.29, 1.82) is 0 Å². The fourth-order valence-corrected chi connectivity index (χ4v) is 2.80. The molecule has 1 aromatic carbocycles. The van der Waals surface area contributed by atoms with E-state index in [0.717, 1.165) is 12.0 Å². The highest BCUT2D eigenvalue weighted by molar-refractivity contribution is 6.51. The van der Waals surface area contributed by atoms with Crippen LogP contribution in [-0.2, 0) is 23.9 Å². The van der Waals surface area contributed by atoms with Gasteiger partial charge in [0, 0.05) is 7.11 Å². The lowest BCUT2D eigenvalue weighted by molar-refractivity contribution is -0.160. The van der Waals surface area contributed by atoms with Crippen molar-refractivity contribution >= 4 is 46.5 Å². The third-order valence-electron chi connectivity index (χ3n) is 3.49. The smallest absolute Gasteiger partial charge is 0.324 e. The molecule has 1 amide bonds. The van der Waals surface area contributed by atoms with Crippen molar-refractivity contribution in [3.63, 3.8) is 0 Å². The number of nitrogens with zero attached hydrogens (tertiary/aromatic N) is 1. The average molecular weight is 346 g/mol. The number of methoxy groups -OCH3 is 2. The van der Waals surface area contributed by atoms with Gasteiger partial charge in [-0.05, 0) is 12.1 Å². The minimum atomic E-state index is -1.70. The summed E-state index contributed by atoms with van der Waals surface area (Å²) in [5.41, 5.74) is -1.44. The molecule has 0 aromatic heterocycles. The molecule has 1 aromatic rings. The maximum absolute atomic E-state index is 12.3.